The maximum atomic E-state index is 10.7. The highest BCUT2D eigenvalue weighted by Gasteiger charge is 2.42. The summed E-state index contributed by atoms with van der Waals surface area (Å²) in [6.07, 6.45) is 5.56. The Labute approximate surface area is 120 Å². The van der Waals surface area contributed by atoms with Crippen LogP contribution in [-0.2, 0) is 6.54 Å². The minimum atomic E-state index is -0.380. The van der Waals surface area contributed by atoms with Gasteiger partial charge in [-0.1, -0.05) is 42.6 Å². The molecule has 0 amide bonds. The summed E-state index contributed by atoms with van der Waals surface area (Å²) in [5.41, 5.74) is 0.820. The van der Waals surface area contributed by atoms with Crippen LogP contribution < -0.4 is 0 Å². The van der Waals surface area contributed by atoms with Crippen LogP contribution in [0.4, 0.5) is 0 Å². The van der Waals surface area contributed by atoms with Gasteiger partial charge in [0.2, 0.25) is 0 Å². The van der Waals surface area contributed by atoms with Crippen molar-refractivity contribution in [3.63, 3.8) is 0 Å². The van der Waals surface area contributed by atoms with E-state index in [0.717, 1.165) is 37.5 Å². The number of benzene rings is 1. The van der Waals surface area contributed by atoms with Crippen LogP contribution in [0.3, 0.4) is 0 Å². The molecule has 1 aliphatic carbocycles. The Kier molecular flexibility index (Phi) is 3.84. The number of rotatable bonds is 2. The van der Waals surface area contributed by atoms with Crippen molar-refractivity contribution in [2.45, 2.75) is 44.2 Å². The van der Waals surface area contributed by atoms with Gasteiger partial charge in [-0.05, 0) is 30.9 Å². The number of likely N-dealkylation sites (tertiary alicyclic amines) is 1. The molecule has 2 atom stereocenters. The van der Waals surface area contributed by atoms with Crippen molar-refractivity contribution < 1.29 is 5.11 Å². The maximum Gasteiger partial charge on any atom is 0.0700 e. The van der Waals surface area contributed by atoms with Gasteiger partial charge in [0, 0.05) is 30.6 Å². The summed E-state index contributed by atoms with van der Waals surface area (Å²) in [4.78, 5) is 2.45. The lowest BCUT2D eigenvalue weighted by Gasteiger charge is -2.47. The van der Waals surface area contributed by atoms with Gasteiger partial charge in [-0.15, -0.1) is 0 Å². The van der Waals surface area contributed by atoms with E-state index in [-0.39, 0.29) is 5.60 Å². The molecule has 2 fully saturated rings. The van der Waals surface area contributed by atoms with Gasteiger partial charge in [0.25, 0.3) is 0 Å². The average molecular weight is 280 g/mol. The van der Waals surface area contributed by atoms with Crippen molar-refractivity contribution in [3.05, 3.63) is 34.9 Å². The van der Waals surface area contributed by atoms with Crippen LogP contribution in [0.25, 0.3) is 0 Å². The molecule has 2 nitrogen and oxygen atoms in total. The Hall–Kier alpha value is -0.570. The van der Waals surface area contributed by atoms with Gasteiger partial charge in [0.15, 0.2) is 0 Å². The zero-order chi connectivity index (χ0) is 13.3. The second kappa shape index (κ2) is 5.43. The SMILES string of the molecule is OC12CCCCC1CN(Cc1ccccc1Cl)CC2. The highest BCUT2D eigenvalue weighted by molar-refractivity contribution is 6.31. The molecule has 19 heavy (non-hydrogen) atoms. The lowest BCUT2D eigenvalue weighted by atomic mass is 9.71. The summed E-state index contributed by atoms with van der Waals surface area (Å²) in [7, 11) is 0. The summed E-state index contributed by atoms with van der Waals surface area (Å²) < 4.78 is 0. The van der Waals surface area contributed by atoms with E-state index >= 15 is 0 Å². The minimum Gasteiger partial charge on any atom is -0.390 e. The van der Waals surface area contributed by atoms with Crippen LogP contribution in [0.5, 0.6) is 0 Å². The number of halogens is 1. The number of hydrogen-bond donors (Lipinski definition) is 1. The van der Waals surface area contributed by atoms with Gasteiger partial charge < -0.3 is 5.11 Å². The van der Waals surface area contributed by atoms with Crippen LogP contribution in [-0.4, -0.2) is 28.7 Å². The normalized spacial score (nSPS) is 32.0. The summed E-state index contributed by atoms with van der Waals surface area (Å²) >= 11 is 6.23. The van der Waals surface area contributed by atoms with Gasteiger partial charge in [-0.2, -0.15) is 0 Å². The average Bonchev–Trinajstić information content (AvgIpc) is 2.41. The van der Waals surface area contributed by atoms with E-state index in [0.29, 0.717) is 5.92 Å². The number of aliphatic hydroxyl groups is 1. The minimum absolute atomic E-state index is 0.380. The molecule has 2 aliphatic rings. The first-order valence-electron chi connectivity index (χ1n) is 7.35. The Balaban J connectivity index is 1.67. The molecule has 1 aromatic rings. The van der Waals surface area contributed by atoms with Crippen LogP contribution in [0.15, 0.2) is 24.3 Å². The van der Waals surface area contributed by atoms with Crippen molar-refractivity contribution >= 4 is 11.6 Å². The molecular weight excluding hydrogens is 258 g/mol. The summed E-state index contributed by atoms with van der Waals surface area (Å²) in [6, 6.07) is 8.08. The van der Waals surface area contributed by atoms with Gasteiger partial charge in [0.1, 0.15) is 0 Å². The molecule has 1 saturated carbocycles. The predicted octanol–water partition coefficient (Wildman–Crippen LogP) is 3.47. The molecule has 3 rings (SSSR count). The number of hydrogen-bond acceptors (Lipinski definition) is 2. The van der Waals surface area contributed by atoms with Crippen LogP contribution >= 0.6 is 11.6 Å². The highest BCUT2D eigenvalue weighted by atomic mass is 35.5. The van der Waals surface area contributed by atoms with Crippen molar-refractivity contribution in [2.75, 3.05) is 13.1 Å². The molecule has 1 saturated heterocycles. The van der Waals surface area contributed by atoms with E-state index in [4.69, 9.17) is 11.6 Å². The Morgan fingerprint density at radius 3 is 2.95 bits per heavy atom. The zero-order valence-electron chi connectivity index (χ0n) is 11.3. The monoisotopic (exact) mass is 279 g/mol. The Morgan fingerprint density at radius 1 is 1.26 bits per heavy atom. The molecule has 0 spiro atoms. The zero-order valence-corrected chi connectivity index (χ0v) is 12.1. The molecule has 0 bridgehead atoms. The molecule has 1 aliphatic heterocycles. The largest absolute Gasteiger partial charge is 0.390 e. The molecule has 0 aromatic heterocycles. The topological polar surface area (TPSA) is 23.5 Å². The second-order valence-electron chi connectivity index (χ2n) is 6.12. The highest BCUT2D eigenvalue weighted by Crippen LogP contribution is 2.40. The number of piperidine rings is 1. The third kappa shape index (κ3) is 2.81. The molecule has 1 aromatic carbocycles. The van der Waals surface area contributed by atoms with Crippen molar-refractivity contribution in [2.24, 2.45) is 5.92 Å². The molecule has 1 heterocycles. The molecular formula is C16H22ClNO. The van der Waals surface area contributed by atoms with Gasteiger partial charge in [-0.3, -0.25) is 4.90 Å². The molecule has 2 unspecified atom stereocenters. The molecule has 1 N–H and O–H groups in total. The summed E-state index contributed by atoms with van der Waals surface area (Å²) in [6.45, 7) is 2.91. The van der Waals surface area contributed by atoms with Crippen molar-refractivity contribution in [1.29, 1.82) is 0 Å². The van der Waals surface area contributed by atoms with Crippen molar-refractivity contribution in [3.8, 4) is 0 Å². The number of fused-ring (bicyclic) bond motifs is 1. The third-order valence-electron chi connectivity index (χ3n) is 4.86. The number of nitrogens with zero attached hydrogens (tertiary/aromatic N) is 1. The summed E-state index contributed by atoms with van der Waals surface area (Å²) in [5, 5.41) is 11.5. The molecule has 104 valence electrons. The van der Waals surface area contributed by atoms with Gasteiger partial charge in [0.05, 0.1) is 5.60 Å². The fourth-order valence-electron chi connectivity index (χ4n) is 3.65. The van der Waals surface area contributed by atoms with Crippen molar-refractivity contribution in [1.82, 2.24) is 4.90 Å². The third-order valence-corrected chi connectivity index (χ3v) is 5.23. The Bertz CT molecular complexity index is 450. The predicted molar refractivity (Wildman–Crippen MR) is 78.3 cm³/mol. The van der Waals surface area contributed by atoms with E-state index in [1.807, 2.05) is 18.2 Å². The molecule has 3 heteroatoms. The van der Waals surface area contributed by atoms with E-state index in [9.17, 15) is 5.11 Å². The first-order chi connectivity index (χ1) is 9.17. The van der Waals surface area contributed by atoms with E-state index in [2.05, 4.69) is 11.0 Å². The van der Waals surface area contributed by atoms with Crippen LogP contribution in [0, 0.1) is 5.92 Å². The van der Waals surface area contributed by atoms with Crippen LogP contribution in [0.2, 0.25) is 5.02 Å². The quantitative estimate of drug-likeness (QED) is 0.896. The van der Waals surface area contributed by atoms with E-state index < -0.39 is 0 Å². The molecule has 0 radical (unpaired) electrons. The maximum absolute atomic E-state index is 10.7. The van der Waals surface area contributed by atoms with Crippen LogP contribution in [0.1, 0.15) is 37.7 Å². The van der Waals surface area contributed by atoms with Gasteiger partial charge in [-0.25, -0.2) is 0 Å². The smallest absolute Gasteiger partial charge is 0.0700 e. The fourth-order valence-corrected chi connectivity index (χ4v) is 3.85. The van der Waals surface area contributed by atoms with E-state index in [1.54, 1.807) is 0 Å². The first kappa shape index (κ1) is 13.4. The lowest BCUT2D eigenvalue weighted by molar-refractivity contribution is -0.0967. The first-order valence-corrected chi connectivity index (χ1v) is 7.73. The fraction of sp³-hybridized carbons (Fsp3) is 0.625. The summed E-state index contributed by atoms with van der Waals surface area (Å²) in [5.74, 6) is 0.456. The lowest BCUT2D eigenvalue weighted by Crippen LogP contribution is -2.52. The Morgan fingerprint density at radius 2 is 2.11 bits per heavy atom. The van der Waals surface area contributed by atoms with Gasteiger partial charge >= 0.3 is 0 Å². The van der Waals surface area contributed by atoms with E-state index in [1.165, 1.54) is 24.8 Å². The standard InChI is InChI=1S/C16H22ClNO/c17-15-7-2-1-5-13(15)11-18-10-9-16(19)8-4-3-6-14(16)12-18/h1-2,5,7,14,19H,3-4,6,8-12H2. The second-order valence-corrected chi connectivity index (χ2v) is 6.53.